The number of sulfonamides is 1. The summed E-state index contributed by atoms with van der Waals surface area (Å²) in [4.78, 5) is -0.0179. The molecule has 4 nitrogen and oxygen atoms in total. The predicted molar refractivity (Wildman–Crippen MR) is 105 cm³/mol. The summed E-state index contributed by atoms with van der Waals surface area (Å²) in [6.07, 6.45) is -5.47. The van der Waals surface area contributed by atoms with Crippen molar-refractivity contribution in [2.24, 2.45) is 5.14 Å². The first kappa shape index (κ1) is 20.9. The molecule has 0 saturated heterocycles. The minimum atomic E-state index is -4.37. The fraction of sp³-hybridized carbons (Fsp3) is 0.143. The highest BCUT2D eigenvalue weighted by Gasteiger charge is 2.29. The standard InChI is InChI=1S/C21H18F3NO3S/c1-28-20-11-8-15(12-16(20)13-21(22,23)24)19-5-3-2-4-18(19)14-6-9-17(10-7-14)29(25,26)27/h2-12H,13H2,1H3,(H2,25,26,27). The maximum atomic E-state index is 13.0. The van der Waals surface area contributed by atoms with Gasteiger partial charge in [0.05, 0.1) is 18.4 Å². The molecule has 0 unspecified atom stereocenters. The highest BCUT2D eigenvalue weighted by Crippen LogP contribution is 2.36. The predicted octanol–water partition coefficient (Wildman–Crippen LogP) is 4.78. The average Bonchev–Trinajstić information content (AvgIpc) is 2.66. The Morgan fingerprint density at radius 3 is 1.97 bits per heavy atom. The molecule has 0 atom stereocenters. The summed E-state index contributed by atoms with van der Waals surface area (Å²) in [7, 11) is -2.49. The molecule has 0 aromatic heterocycles. The molecule has 0 spiro atoms. The van der Waals surface area contributed by atoms with E-state index in [1.165, 1.54) is 31.4 Å². The van der Waals surface area contributed by atoms with Crippen LogP contribution >= 0.6 is 0 Å². The van der Waals surface area contributed by atoms with Crippen molar-refractivity contribution in [2.75, 3.05) is 7.11 Å². The van der Waals surface area contributed by atoms with Crippen molar-refractivity contribution in [1.29, 1.82) is 0 Å². The first-order chi connectivity index (χ1) is 13.6. The highest BCUT2D eigenvalue weighted by molar-refractivity contribution is 7.89. The van der Waals surface area contributed by atoms with Crippen LogP contribution < -0.4 is 9.88 Å². The van der Waals surface area contributed by atoms with E-state index in [0.29, 0.717) is 16.7 Å². The van der Waals surface area contributed by atoms with Gasteiger partial charge in [-0.25, -0.2) is 13.6 Å². The van der Waals surface area contributed by atoms with Crippen molar-refractivity contribution in [3.05, 3.63) is 72.3 Å². The first-order valence-electron chi connectivity index (χ1n) is 8.55. The third-order valence-corrected chi connectivity index (χ3v) is 5.33. The van der Waals surface area contributed by atoms with Crippen molar-refractivity contribution < 1.29 is 26.3 Å². The third kappa shape index (κ3) is 4.96. The Balaban J connectivity index is 2.09. The van der Waals surface area contributed by atoms with E-state index in [2.05, 4.69) is 0 Å². The van der Waals surface area contributed by atoms with E-state index in [-0.39, 0.29) is 16.2 Å². The van der Waals surface area contributed by atoms with Crippen LogP contribution in [-0.4, -0.2) is 21.7 Å². The lowest BCUT2D eigenvalue weighted by atomic mass is 9.93. The van der Waals surface area contributed by atoms with Gasteiger partial charge in [0.25, 0.3) is 0 Å². The van der Waals surface area contributed by atoms with Crippen molar-refractivity contribution in [3.63, 3.8) is 0 Å². The fourth-order valence-electron chi connectivity index (χ4n) is 3.11. The number of primary sulfonamides is 1. The van der Waals surface area contributed by atoms with Crippen molar-refractivity contribution >= 4 is 10.0 Å². The van der Waals surface area contributed by atoms with Gasteiger partial charge in [0.1, 0.15) is 5.75 Å². The maximum absolute atomic E-state index is 13.0. The zero-order chi connectivity index (χ0) is 21.2. The lowest BCUT2D eigenvalue weighted by Crippen LogP contribution is -2.12. The third-order valence-electron chi connectivity index (χ3n) is 4.40. The van der Waals surface area contributed by atoms with E-state index in [1.54, 1.807) is 36.4 Å². The van der Waals surface area contributed by atoms with Crippen molar-refractivity contribution in [2.45, 2.75) is 17.5 Å². The molecule has 3 rings (SSSR count). The van der Waals surface area contributed by atoms with E-state index in [1.807, 2.05) is 6.07 Å². The van der Waals surface area contributed by atoms with Gasteiger partial charge < -0.3 is 4.74 Å². The molecule has 29 heavy (non-hydrogen) atoms. The minimum absolute atomic E-state index is 0.0179. The maximum Gasteiger partial charge on any atom is 0.393 e. The van der Waals surface area contributed by atoms with Crippen molar-refractivity contribution in [1.82, 2.24) is 0 Å². The SMILES string of the molecule is COc1ccc(-c2ccccc2-c2ccc(S(N)(=O)=O)cc2)cc1CC(F)(F)F. The van der Waals surface area contributed by atoms with Gasteiger partial charge in [0, 0.05) is 5.56 Å². The molecule has 0 aliphatic rings. The Hall–Kier alpha value is -2.84. The fourth-order valence-corrected chi connectivity index (χ4v) is 3.63. The van der Waals surface area contributed by atoms with E-state index in [4.69, 9.17) is 9.88 Å². The zero-order valence-electron chi connectivity index (χ0n) is 15.4. The number of rotatable bonds is 5. The summed E-state index contributed by atoms with van der Waals surface area (Å²) in [6, 6.07) is 17.9. The topological polar surface area (TPSA) is 69.4 Å². The van der Waals surface area contributed by atoms with Crippen LogP contribution in [0.1, 0.15) is 5.56 Å². The molecule has 0 aliphatic carbocycles. The molecule has 0 radical (unpaired) electrons. The molecule has 0 heterocycles. The summed E-state index contributed by atoms with van der Waals surface area (Å²) in [6.45, 7) is 0. The number of hydrogen-bond acceptors (Lipinski definition) is 3. The molecular formula is C21H18F3NO3S. The van der Waals surface area contributed by atoms with E-state index >= 15 is 0 Å². The summed E-state index contributed by atoms with van der Waals surface area (Å²) in [5, 5.41) is 5.13. The zero-order valence-corrected chi connectivity index (χ0v) is 16.2. The molecule has 8 heteroatoms. The summed E-state index contributed by atoms with van der Waals surface area (Å²) in [5.41, 5.74) is 2.80. The smallest absolute Gasteiger partial charge is 0.393 e. The van der Waals surface area contributed by atoms with Gasteiger partial charge in [-0.05, 0) is 46.5 Å². The molecule has 0 aliphatic heterocycles. The molecule has 2 N–H and O–H groups in total. The van der Waals surface area contributed by atoms with Gasteiger partial charge in [0.15, 0.2) is 0 Å². The number of alkyl halides is 3. The van der Waals surface area contributed by atoms with E-state index in [0.717, 1.165) is 5.56 Å². The number of halogens is 3. The Labute approximate surface area is 166 Å². The van der Waals surface area contributed by atoms with Crippen LogP contribution in [0.4, 0.5) is 13.2 Å². The second kappa shape index (κ2) is 7.88. The van der Waals surface area contributed by atoms with Gasteiger partial charge >= 0.3 is 6.18 Å². The average molecular weight is 421 g/mol. The van der Waals surface area contributed by atoms with Crippen LogP contribution in [0.15, 0.2) is 71.6 Å². The Kier molecular flexibility index (Phi) is 5.68. The van der Waals surface area contributed by atoms with Crippen molar-refractivity contribution in [3.8, 4) is 28.0 Å². The lowest BCUT2D eigenvalue weighted by Gasteiger charge is -2.15. The second-order valence-electron chi connectivity index (χ2n) is 6.43. The summed E-state index contributed by atoms with van der Waals surface area (Å²) < 4.78 is 66.8. The second-order valence-corrected chi connectivity index (χ2v) is 7.99. The summed E-state index contributed by atoms with van der Waals surface area (Å²) >= 11 is 0. The van der Waals surface area contributed by atoms with Crippen LogP contribution in [0.2, 0.25) is 0 Å². The molecule has 0 bridgehead atoms. The van der Waals surface area contributed by atoms with Gasteiger partial charge in [-0.3, -0.25) is 0 Å². The molecule has 0 fully saturated rings. The Morgan fingerprint density at radius 2 is 1.45 bits per heavy atom. The molecule has 3 aromatic rings. The molecular weight excluding hydrogens is 403 g/mol. The van der Waals surface area contributed by atoms with E-state index in [9.17, 15) is 21.6 Å². The van der Waals surface area contributed by atoms with Gasteiger partial charge in [-0.2, -0.15) is 13.2 Å². The number of methoxy groups -OCH3 is 1. The van der Waals surface area contributed by atoms with Gasteiger partial charge in [-0.15, -0.1) is 0 Å². The molecule has 0 amide bonds. The van der Waals surface area contributed by atoms with Crippen LogP contribution in [0, 0.1) is 0 Å². The van der Waals surface area contributed by atoms with Gasteiger partial charge in [0.2, 0.25) is 10.0 Å². The van der Waals surface area contributed by atoms with E-state index < -0.39 is 22.6 Å². The first-order valence-corrected chi connectivity index (χ1v) is 10.1. The number of nitrogens with two attached hydrogens (primary N) is 1. The van der Waals surface area contributed by atoms with Gasteiger partial charge in [-0.1, -0.05) is 42.5 Å². The molecule has 0 saturated carbocycles. The monoisotopic (exact) mass is 421 g/mol. The number of benzene rings is 3. The van der Waals surface area contributed by atoms with Crippen LogP contribution in [0.25, 0.3) is 22.3 Å². The number of hydrogen-bond donors (Lipinski definition) is 1. The Bertz CT molecular complexity index is 1120. The molecule has 3 aromatic carbocycles. The normalized spacial score (nSPS) is 12.0. The minimum Gasteiger partial charge on any atom is -0.496 e. The molecule has 152 valence electrons. The van der Waals surface area contributed by atoms with Crippen LogP contribution in [-0.2, 0) is 16.4 Å². The largest absolute Gasteiger partial charge is 0.496 e. The highest BCUT2D eigenvalue weighted by atomic mass is 32.2. The van der Waals surface area contributed by atoms with Crippen LogP contribution in [0.5, 0.6) is 5.75 Å². The lowest BCUT2D eigenvalue weighted by molar-refractivity contribution is -0.127. The quantitative estimate of drug-likeness (QED) is 0.645. The Morgan fingerprint density at radius 1 is 0.897 bits per heavy atom. The van der Waals surface area contributed by atoms with Crippen LogP contribution in [0.3, 0.4) is 0 Å². The number of ether oxygens (including phenoxy) is 1. The summed E-state index contributed by atoms with van der Waals surface area (Å²) in [5.74, 6) is 0.168.